The van der Waals surface area contributed by atoms with Gasteiger partial charge < -0.3 is 5.32 Å². The van der Waals surface area contributed by atoms with Gasteiger partial charge in [0.15, 0.2) is 0 Å². The number of nitrogens with one attached hydrogen (secondary N) is 1. The first-order valence-electron chi connectivity index (χ1n) is 6.68. The van der Waals surface area contributed by atoms with Crippen molar-refractivity contribution in [2.75, 3.05) is 11.1 Å². The number of nitrogens with zero attached hydrogens (tertiary/aromatic N) is 4. The fraction of sp³-hybridized carbons (Fsp3) is 0.143. The van der Waals surface area contributed by atoms with Crippen LogP contribution in [0.3, 0.4) is 0 Å². The van der Waals surface area contributed by atoms with Crippen LogP contribution in [0.5, 0.6) is 0 Å². The second-order valence-corrected chi connectivity index (χ2v) is 6.90. The van der Waals surface area contributed by atoms with Crippen molar-refractivity contribution < 1.29 is 4.79 Å². The Morgan fingerprint density at radius 2 is 2.17 bits per heavy atom. The van der Waals surface area contributed by atoms with E-state index in [1.54, 1.807) is 28.2 Å². The number of hydrogen-bond donors (Lipinski definition) is 1. The van der Waals surface area contributed by atoms with E-state index in [9.17, 15) is 4.79 Å². The molecule has 118 valence electrons. The first-order valence-corrected chi connectivity index (χ1v) is 8.92. The summed E-state index contributed by atoms with van der Waals surface area (Å²) < 4.78 is 1.68. The molecule has 1 aromatic carbocycles. The molecule has 0 saturated carbocycles. The molecule has 9 heteroatoms. The number of benzene rings is 1. The first-order chi connectivity index (χ1) is 11.2. The predicted octanol–water partition coefficient (Wildman–Crippen LogP) is 3.17. The van der Waals surface area contributed by atoms with E-state index in [1.807, 2.05) is 29.6 Å². The molecule has 0 aliphatic rings. The Hall–Kier alpha value is -1.90. The lowest BCUT2D eigenvalue weighted by Gasteiger charge is -2.06. The maximum atomic E-state index is 12.0. The third kappa shape index (κ3) is 4.31. The highest BCUT2D eigenvalue weighted by Crippen LogP contribution is 2.22. The SMILES string of the molecule is O=C(CSc1nnnn1Cc1cccs1)Nc1ccccc1Cl. The van der Waals surface area contributed by atoms with Crippen LogP contribution >= 0.6 is 34.7 Å². The van der Waals surface area contributed by atoms with Crippen molar-refractivity contribution in [1.82, 2.24) is 20.2 Å². The van der Waals surface area contributed by atoms with Gasteiger partial charge in [-0.15, -0.1) is 16.4 Å². The number of aromatic nitrogens is 4. The second-order valence-electron chi connectivity index (χ2n) is 4.52. The van der Waals surface area contributed by atoms with E-state index in [4.69, 9.17) is 11.6 Å². The Labute approximate surface area is 145 Å². The van der Waals surface area contributed by atoms with Crippen LogP contribution in [0.1, 0.15) is 4.88 Å². The minimum atomic E-state index is -0.159. The van der Waals surface area contributed by atoms with Gasteiger partial charge in [0, 0.05) is 4.88 Å². The normalized spacial score (nSPS) is 10.7. The Balaban J connectivity index is 1.57. The van der Waals surface area contributed by atoms with Crippen molar-refractivity contribution in [3.05, 3.63) is 51.7 Å². The lowest BCUT2D eigenvalue weighted by atomic mass is 10.3. The number of tetrazole rings is 1. The fourth-order valence-electron chi connectivity index (χ4n) is 1.83. The zero-order chi connectivity index (χ0) is 16.1. The molecule has 2 aromatic heterocycles. The molecule has 2 heterocycles. The van der Waals surface area contributed by atoms with Crippen LogP contribution < -0.4 is 5.32 Å². The highest BCUT2D eigenvalue weighted by molar-refractivity contribution is 7.99. The van der Waals surface area contributed by atoms with Gasteiger partial charge in [-0.25, -0.2) is 4.68 Å². The van der Waals surface area contributed by atoms with Gasteiger partial charge in [0.2, 0.25) is 11.1 Å². The van der Waals surface area contributed by atoms with Crippen LogP contribution in [0, 0.1) is 0 Å². The summed E-state index contributed by atoms with van der Waals surface area (Å²) in [5.41, 5.74) is 0.595. The largest absolute Gasteiger partial charge is 0.324 e. The minimum Gasteiger partial charge on any atom is -0.324 e. The third-order valence-electron chi connectivity index (χ3n) is 2.87. The lowest BCUT2D eigenvalue weighted by molar-refractivity contribution is -0.113. The average molecular weight is 366 g/mol. The van der Waals surface area contributed by atoms with E-state index in [-0.39, 0.29) is 11.7 Å². The van der Waals surface area contributed by atoms with E-state index in [1.165, 1.54) is 11.8 Å². The molecule has 0 fully saturated rings. The lowest BCUT2D eigenvalue weighted by Crippen LogP contribution is -2.15. The summed E-state index contributed by atoms with van der Waals surface area (Å²) in [5.74, 6) is 0.0459. The molecular formula is C14H12ClN5OS2. The maximum absolute atomic E-state index is 12.0. The number of para-hydroxylation sites is 1. The molecule has 0 saturated heterocycles. The predicted molar refractivity (Wildman–Crippen MR) is 92.0 cm³/mol. The number of anilines is 1. The molecule has 3 rings (SSSR count). The number of carbonyl (C=O) groups excluding carboxylic acids is 1. The summed E-state index contributed by atoms with van der Waals surface area (Å²) in [6, 6.07) is 11.1. The van der Waals surface area contributed by atoms with Crippen molar-refractivity contribution in [2.45, 2.75) is 11.7 Å². The van der Waals surface area contributed by atoms with Gasteiger partial charge in [-0.05, 0) is 34.0 Å². The number of thiophene rings is 1. The van der Waals surface area contributed by atoms with E-state index in [0.29, 0.717) is 22.4 Å². The van der Waals surface area contributed by atoms with Crippen molar-refractivity contribution in [3.63, 3.8) is 0 Å². The summed E-state index contributed by atoms with van der Waals surface area (Å²) in [6.07, 6.45) is 0. The standard InChI is InChI=1S/C14H12ClN5OS2/c15-11-5-1-2-6-12(11)16-13(21)9-23-14-17-18-19-20(14)8-10-4-3-7-22-10/h1-7H,8-9H2,(H,16,21). The van der Waals surface area contributed by atoms with E-state index in [2.05, 4.69) is 20.8 Å². The molecule has 0 unspecified atom stereocenters. The Morgan fingerprint density at radius 3 is 2.96 bits per heavy atom. The molecule has 0 aliphatic heterocycles. The van der Waals surface area contributed by atoms with Crippen LogP contribution in [-0.4, -0.2) is 31.9 Å². The molecule has 6 nitrogen and oxygen atoms in total. The molecule has 0 spiro atoms. The molecule has 1 amide bonds. The quantitative estimate of drug-likeness (QED) is 0.679. The number of thioether (sulfide) groups is 1. The van der Waals surface area contributed by atoms with Gasteiger partial charge in [-0.3, -0.25) is 4.79 Å². The monoisotopic (exact) mass is 365 g/mol. The number of hydrogen-bond acceptors (Lipinski definition) is 6. The van der Waals surface area contributed by atoms with Gasteiger partial charge in [-0.1, -0.05) is 41.6 Å². The van der Waals surface area contributed by atoms with E-state index in [0.717, 1.165) is 4.88 Å². The van der Waals surface area contributed by atoms with Crippen molar-refractivity contribution >= 4 is 46.3 Å². The topological polar surface area (TPSA) is 72.7 Å². The fourth-order valence-corrected chi connectivity index (χ4v) is 3.37. The third-order valence-corrected chi connectivity index (χ3v) is 5.01. The number of carbonyl (C=O) groups is 1. The molecule has 0 radical (unpaired) electrons. The minimum absolute atomic E-state index is 0.159. The summed E-state index contributed by atoms with van der Waals surface area (Å²) in [4.78, 5) is 13.2. The van der Waals surface area contributed by atoms with E-state index < -0.39 is 0 Å². The summed E-state index contributed by atoms with van der Waals surface area (Å²) in [6.45, 7) is 0.596. The van der Waals surface area contributed by atoms with E-state index >= 15 is 0 Å². The summed E-state index contributed by atoms with van der Waals surface area (Å²) in [7, 11) is 0. The van der Waals surface area contributed by atoms with Crippen LogP contribution in [0.25, 0.3) is 0 Å². The van der Waals surface area contributed by atoms with Crippen molar-refractivity contribution in [3.8, 4) is 0 Å². The zero-order valence-corrected chi connectivity index (χ0v) is 14.2. The van der Waals surface area contributed by atoms with Gasteiger partial charge in [-0.2, -0.15) is 0 Å². The molecule has 1 N–H and O–H groups in total. The highest BCUT2D eigenvalue weighted by atomic mass is 35.5. The summed E-state index contributed by atoms with van der Waals surface area (Å²) in [5, 5.41) is 17.5. The number of halogens is 1. The second kappa shape index (κ2) is 7.58. The highest BCUT2D eigenvalue weighted by Gasteiger charge is 2.11. The average Bonchev–Trinajstić information content (AvgIpc) is 3.20. The molecule has 3 aromatic rings. The van der Waals surface area contributed by atoms with Crippen molar-refractivity contribution in [1.29, 1.82) is 0 Å². The number of rotatable bonds is 6. The first kappa shape index (κ1) is 16.0. The molecule has 0 bridgehead atoms. The smallest absolute Gasteiger partial charge is 0.234 e. The van der Waals surface area contributed by atoms with Crippen LogP contribution in [0.4, 0.5) is 5.69 Å². The van der Waals surface area contributed by atoms with Crippen LogP contribution in [-0.2, 0) is 11.3 Å². The summed E-state index contributed by atoms with van der Waals surface area (Å²) >= 11 is 8.94. The Morgan fingerprint density at radius 1 is 1.30 bits per heavy atom. The molecule has 0 atom stereocenters. The Kier molecular flexibility index (Phi) is 5.27. The van der Waals surface area contributed by atoms with Crippen molar-refractivity contribution in [2.24, 2.45) is 0 Å². The van der Waals surface area contributed by atoms with Gasteiger partial charge in [0.1, 0.15) is 0 Å². The zero-order valence-electron chi connectivity index (χ0n) is 11.8. The molecular weight excluding hydrogens is 354 g/mol. The van der Waals surface area contributed by atoms with Gasteiger partial charge >= 0.3 is 0 Å². The maximum Gasteiger partial charge on any atom is 0.234 e. The molecule has 23 heavy (non-hydrogen) atoms. The van der Waals surface area contributed by atoms with Crippen LogP contribution in [0.15, 0.2) is 46.9 Å². The van der Waals surface area contributed by atoms with Gasteiger partial charge in [0.05, 0.1) is 23.0 Å². The molecule has 0 aliphatic carbocycles. The number of amides is 1. The van der Waals surface area contributed by atoms with Crippen LogP contribution in [0.2, 0.25) is 5.02 Å². The Bertz CT molecular complexity index is 790. The van der Waals surface area contributed by atoms with Gasteiger partial charge in [0.25, 0.3) is 0 Å².